The minimum absolute atomic E-state index is 0.215. The van der Waals surface area contributed by atoms with Gasteiger partial charge in [0.2, 0.25) is 0 Å². The average Bonchev–Trinajstić information content (AvgIpc) is 2.72. The number of rotatable bonds is 2. The van der Waals surface area contributed by atoms with Gasteiger partial charge in [-0.2, -0.15) is 0 Å². The molecule has 1 aliphatic rings. The van der Waals surface area contributed by atoms with E-state index in [0.29, 0.717) is 0 Å². The monoisotopic (exact) mass is 268 g/mol. The van der Waals surface area contributed by atoms with Crippen molar-refractivity contribution in [2.45, 2.75) is 24.5 Å². The summed E-state index contributed by atoms with van der Waals surface area (Å²) in [6.07, 6.45) is 0.215. The number of esters is 1. The lowest BCUT2D eigenvalue weighted by Crippen LogP contribution is -2.31. The molecule has 3 nitrogen and oxygen atoms in total. The quantitative estimate of drug-likeness (QED) is 0.852. The molecule has 0 spiro atoms. The lowest BCUT2D eigenvalue weighted by Gasteiger charge is -2.29. The van der Waals surface area contributed by atoms with Crippen LogP contribution in [0.5, 0.6) is 0 Å². The van der Waals surface area contributed by atoms with Crippen LogP contribution in [0.2, 0.25) is 0 Å². The van der Waals surface area contributed by atoms with Crippen LogP contribution in [-0.4, -0.2) is 16.7 Å². The maximum absolute atomic E-state index is 12.0. The van der Waals surface area contributed by atoms with Gasteiger partial charge in [-0.1, -0.05) is 60.7 Å². The molecule has 2 aromatic rings. The first-order chi connectivity index (χ1) is 9.55. The van der Waals surface area contributed by atoms with Crippen LogP contribution in [0.4, 0.5) is 0 Å². The highest BCUT2D eigenvalue weighted by atomic mass is 16.6. The summed E-state index contributed by atoms with van der Waals surface area (Å²) in [7, 11) is 0. The highest BCUT2D eigenvalue weighted by molar-refractivity contribution is 5.82. The molecule has 3 rings (SSSR count). The van der Waals surface area contributed by atoms with Gasteiger partial charge in [0, 0.05) is 17.5 Å². The van der Waals surface area contributed by atoms with Gasteiger partial charge in [0.1, 0.15) is 0 Å². The van der Waals surface area contributed by atoms with Gasteiger partial charge >= 0.3 is 5.97 Å². The smallest absolute Gasteiger partial charge is 0.339 e. The van der Waals surface area contributed by atoms with Crippen LogP contribution in [0.15, 0.2) is 60.7 Å². The summed E-state index contributed by atoms with van der Waals surface area (Å²) in [6, 6.07) is 19.1. The topological polar surface area (TPSA) is 46.5 Å². The fourth-order valence-corrected chi connectivity index (χ4v) is 2.76. The fourth-order valence-electron chi connectivity index (χ4n) is 2.76. The molecule has 0 radical (unpaired) electrons. The highest BCUT2D eigenvalue weighted by Crippen LogP contribution is 2.46. The van der Waals surface area contributed by atoms with Crippen LogP contribution >= 0.6 is 0 Å². The zero-order valence-electron chi connectivity index (χ0n) is 11.2. The molecule has 1 aliphatic heterocycles. The van der Waals surface area contributed by atoms with Crippen molar-refractivity contribution >= 4 is 5.97 Å². The van der Waals surface area contributed by atoms with Gasteiger partial charge in [-0.05, 0) is 6.92 Å². The standard InChI is InChI=1S/C17H16O3/c1-16(19)12-17(20-15(16)18,13-8-4-2-5-9-13)14-10-6-3-7-11-14/h2-11,19H,12H2,1H3. The molecule has 1 saturated heterocycles. The second-order valence-corrected chi connectivity index (χ2v) is 5.40. The second kappa shape index (κ2) is 4.46. The number of carbonyl (C=O) groups excluding carboxylic acids is 1. The molecule has 1 atom stereocenters. The Hall–Kier alpha value is -2.13. The first kappa shape index (κ1) is 12.9. The normalized spacial score (nSPS) is 24.4. The largest absolute Gasteiger partial charge is 0.447 e. The molecule has 1 fully saturated rings. The van der Waals surface area contributed by atoms with E-state index in [1.54, 1.807) is 0 Å². The molecule has 0 saturated carbocycles. The maximum Gasteiger partial charge on any atom is 0.339 e. The minimum atomic E-state index is -1.47. The van der Waals surface area contributed by atoms with Gasteiger partial charge < -0.3 is 9.84 Å². The molecule has 2 aromatic carbocycles. The number of hydrogen-bond donors (Lipinski definition) is 1. The van der Waals surface area contributed by atoms with Crippen molar-refractivity contribution in [3.63, 3.8) is 0 Å². The third kappa shape index (κ3) is 1.91. The molecule has 20 heavy (non-hydrogen) atoms. The summed E-state index contributed by atoms with van der Waals surface area (Å²) < 4.78 is 5.65. The number of cyclic esters (lactones) is 1. The summed E-state index contributed by atoms with van der Waals surface area (Å²) in [6.45, 7) is 1.50. The zero-order valence-corrected chi connectivity index (χ0v) is 11.2. The summed E-state index contributed by atoms with van der Waals surface area (Å²) in [5.41, 5.74) is -0.635. The third-order valence-electron chi connectivity index (χ3n) is 3.78. The predicted octanol–water partition coefficient (Wildman–Crippen LogP) is 2.63. The Morgan fingerprint density at radius 1 is 0.950 bits per heavy atom. The Labute approximate surface area is 117 Å². The van der Waals surface area contributed by atoms with Crippen LogP contribution in [-0.2, 0) is 15.1 Å². The summed E-state index contributed by atoms with van der Waals surface area (Å²) in [5.74, 6) is -0.579. The Bertz CT molecular complexity index is 578. The van der Waals surface area contributed by atoms with Crippen molar-refractivity contribution < 1.29 is 14.6 Å². The van der Waals surface area contributed by atoms with E-state index in [1.165, 1.54) is 6.92 Å². The van der Waals surface area contributed by atoms with Gasteiger partial charge in [-0.15, -0.1) is 0 Å². The van der Waals surface area contributed by atoms with Crippen LogP contribution < -0.4 is 0 Å². The van der Waals surface area contributed by atoms with Gasteiger partial charge in [-0.25, -0.2) is 4.79 Å². The highest BCUT2D eigenvalue weighted by Gasteiger charge is 2.55. The van der Waals surface area contributed by atoms with Crippen molar-refractivity contribution in [2.75, 3.05) is 0 Å². The van der Waals surface area contributed by atoms with E-state index in [1.807, 2.05) is 60.7 Å². The lowest BCUT2D eigenvalue weighted by atomic mass is 9.80. The van der Waals surface area contributed by atoms with E-state index in [4.69, 9.17) is 4.74 Å². The lowest BCUT2D eigenvalue weighted by molar-refractivity contribution is -0.156. The van der Waals surface area contributed by atoms with Gasteiger partial charge in [0.05, 0.1) is 0 Å². The Kier molecular flexibility index (Phi) is 2.87. The molecule has 3 heteroatoms. The Morgan fingerprint density at radius 2 is 1.40 bits per heavy atom. The van der Waals surface area contributed by atoms with Crippen molar-refractivity contribution in [3.8, 4) is 0 Å². The predicted molar refractivity (Wildman–Crippen MR) is 75.0 cm³/mol. The van der Waals surface area contributed by atoms with Crippen molar-refractivity contribution in [1.82, 2.24) is 0 Å². The zero-order chi connectivity index (χ0) is 14.2. The molecule has 0 aromatic heterocycles. The first-order valence-corrected chi connectivity index (χ1v) is 6.61. The Morgan fingerprint density at radius 3 is 1.75 bits per heavy atom. The Balaban J connectivity index is 2.18. The van der Waals surface area contributed by atoms with Crippen molar-refractivity contribution in [2.24, 2.45) is 0 Å². The minimum Gasteiger partial charge on any atom is -0.447 e. The number of aliphatic hydroxyl groups is 1. The molecule has 0 amide bonds. The second-order valence-electron chi connectivity index (χ2n) is 5.40. The molecular formula is C17H16O3. The van der Waals surface area contributed by atoms with E-state index in [9.17, 15) is 9.90 Å². The van der Waals surface area contributed by atoms with E-state index >= 15 is 0 Å². The number of ether oxygens (including phenoxy) is 1. The van der Waals surface area contributed by atoms with Crippen molar-refractivity contribution in [1.29, 1.82) is 0 Å². The van der Waals surface area contributed by atoms with Crippen LogP contribution in [0.1, 0.15) is 24.5 Å². The van der Waals surface area contributed by atoms with E-state index < -0.39 is 17.2 Å². The molecule has 0 aliphatic carbocycles. The molecule has 1 N–H and O–H groups in total. The van der Waals surface area contributed by atoms with Crippen molar-refractivity contribution in [3.05, 3.63) is 71.8 Å². The SMILES string of the molecule is CC1(O)CC(c2ccccc2)(c2ccccc2)OC1=O. The fraction of sp³-hybridized carbons (Fsp3) is 0.235. The van der Waals surface area contributed by atoms with E-state index in [2.05, 4.69) is 0 Å². The van der Waals surface area contributed by atoms with Gasteiger partial charge in [-0.3, -0.25) is 0 Å². The van der Waals surface area contributed by atoms with E-state index in [-0.39, 0.29) is 6.42 Å². The average molecular weight is 268 g/mol. The van der Waals surface area contributed by atoms with Crippen LogP contribution in [0, 0.1) is 0 Å². The molecule has 102 valence electrons. The maximum atomic E-state index is 12.0. The molecule has 1 unspecified atom stereocenters. The van der Waals surface area contributed by atoms with Crippen LogP contribution in [0.3, 0.4) is 0 Å². The molecule has 1 heterocycles. The number of benzene rings is 2. The summed E-state index contributed by atoms with van der Waals surface area (Å²) in [5, 5.41) is 10.2. The summed E-state index contributed by atoms with van der Waals surface area (Å²) in [4.78, 5) is 12.0. The number of carbonyl (C=O) groups is 1. The molecule has 0 bridgehead atoms. The van der Waals surface area contributed by atoms with Gasteiger partial charge in [0.15, 0.2) is 11.2 Å². The summed E-state index contributed by atoms with van der Waals surface area (Å²) >= 11 is 0. The molecular weight excluding hydrogens is 252 g/mol. The number of hydrogen-bond acceptors (Lipinski definition) is 3. The van der Waals surface area contributed by atoms with Crippen LogP contribution in [0.25, 0.3) is 0 Å². The van der Waals surface area contributed by atoms with Gasteiger partial charge in [0.25, 0.3) is 0 Å². The van der Waals surface area contributed by atoms with E-state index in [0.717, 1.165) is 11.1 Å². The first-order valence-electron chi connectivity index (χ1n) is 6.61. The third-order valence-corrected chi connectivity index (χ3v) is 3.78.